The van der Waals surface area contributed by atoms with Crippen LogP contribution in [0, 0.1) is 17.9 Å². The average Bonchev–Trinajstić information content (AvgIpc) is 3.77. The van der Waals surface area contributed by atoms with E-state index >= 15 is 0 Å². The molecule has 0 unspecified atom stereocenters. The van der Waals surface area contributed by atoms with Gasteiger partial charge < -0.3 is 21.8 Å². The molecule has 0 aromatic heterocycles. The maximum absolute atomic E-state index is 7.60. The van der Waals surface area contributed by atoms with E-state index in [1.165, 1.54) is 63.9 Å². The van der Waals surface area contributed by atoms with Crippen molar-refractivity contribution in [1.29, 1.82) is 5.26 Å². The second kappa shape index (κ2) is 26.1. The Morgan fingerprint density at radius 1 is 0.420 bits per heavy atom. The Labute approximate surface area is 325 Å². The van der Waals surface area contributed by atoms with Gasteiger partial charge in [-0.3, -0.25) is 0 Å². The van der Waals surface area contributed by atoms with Gasteiger partial charge in [0, 0.05) is 0 Å². The third kappa shape index (κ3) is 14.6. The van der Waals surface area contributed by atoms with Crippen LogP contribution in [0.4, 0.5) is 0 Å². The van der Waals surface area contributed by atoms with Gasteiger partial charge in [0.25, 0.3) is 6.54 Å². The Bertz CT molecular complexity index is 1450. The minimum atomic E-state index is -0.446. The van der Waals surface area contributed by atoms with Crippen molar-refractivity contribution < 1.29 is 36.5 Å². The van der Waals surface area contributed by atoms with Crippen LogP contribution in [-0.2, 0) is 19.5 Å². The second-order valence-electron chi connectivity index (χ2n) is 10.9. The summed E-state index contributed by atoms with van der Waals surface area (Å²) in [6.45, 7) is 5.99. The molecule has 252 valence electrons. The van der Waals surface area contributed by atoms with Crippen LogP contribution in [0.3, 0.4) is 0 Å². The molecule has 1 aliphatic carbocycles. The second-order valence-corrected chi connectivity index (χ2v) is 15.4. The normalized spacial score (nSPS) is 10.9. The van der Waals surface area contributed by atoms with Gasteiger partial charge in [-0.15, -0.1) is 0 Å². The third-order valence-electron chi connectivity index (χ3n) is 7.49. The van der Waals surface area contributed by atoms with Gasteiger partial charge in [0.05, 0.1) is 0 Å². The molecule has 50 heavy (non-hydrogen) atoms. The first-order valence-electron chi connectivity index (χ1n) is 16.4. The summed E-state index contributed by atoms with van der Waals surface area (Å²) in [6, 6.07) is 66.3. The molecule has 1 fully saturated rings. The fourth-order valence-corrected chi connectivity index (χ4v) is 9.89. The monoisotopic (exact) mass is 841 g/mol. The van der Waals surface area contributed by atoms with E-state index < -0.39 is 15.8 Å². The minimum absolute atomic E-state index is 0. The molecule has 6 aromatic rings. The standard InChI is InChI=1S/2C18H15P.C5H10.C3H2N2.BrH.Ru/c2*1-4-10-16(11-5-1)19(17-12-6-2-7-13-17)18-14-8-3-9-15-18;1-2-4-5-3-1;1-5-3-2-4;;/h2*1-15H;1-5H2;3H2;1H;/q;;;;;+2/p-1. The number of nitrogens with zero attached hydrogens (tertiary/aromatic N) is 2. The van der Waals surface area contributed by atoms with Gasteiger partial charge >= 0.3 is 19.5 Å². The van der Waals surface area contributed by atoms with E-state index in [0.29, 0.717) is 0 Å². The molecule has 2 nitrogen and oxygen atoms in total. The van der Waals surface area contributed by atoms with E-state index in [0.717, 1.165) is 0 Å². The molecule has 0 radical (unpaired) electrons. The van der Waals surface area contributed by atoms with Crippen LogP contribution < -0.4 is 48.8 Å². The maximum Gasteiger partial charge on any atom is 2.00 e. The molecule has 0 amide bonds. The summed E-state index contributed by atoms with van der Waals surface area (Å²) in [5.41, 5.74) is 0. The van der Waals surface area contributed by atoms with Gasteiger partial charge in [0.15, 0.2) is 0 Å². The van der Waals surface area contributed by atoms with Gasteiger partial charge in [-0.2, -0.15) is 5.26 Å². The molecule has 0 bridgehead atoms. The Morgan fingerprint density at radius 2 is 0.600 bits per heavy atom. The SMILES string of the molecule is C1CCCC1.[Br-].[C-]#[N+]CC#N.[Ru+2].c1ccc(P(c2ccccc2)c2ccccc2)cc1.c1ccc(P(c2ccccc2)c2ccccc2)cc1. The minimum Gasteiger partial charge on any atom is -1.00 e. The third-order valence-corrected chi connectivity index (χ3v) is 12.4. The first-order chi connectivity index (χ1) is 23.8. The number of rotatable bonds is 6. The molecule has 6 aromatic carbocycles. The molecule has 1 saturated carbocycles. The molecule has 6 heteroatoms. The van der Waals surface area contributed by atoms with Crippen LogP contribution in [0.2, 0.25) is 0 Å². The summed E-state index contributed by atoms with van der Waals surface area (Å²) in [5.74, 6) is 0. The zero-order chi connectivity index (χ0) is 33.5. The van der Waals surface area contributed by atoms with E-state index in [4.69, 9.17) is 11.8 Å². The molecule has 0 atom stereocenters. The van der Waals surface area contributed by atoms with Gasteiger partial charge in [0.1, 0.15) is 6.07 Å². The van der Waals surface area contributed by atoms with Crippen LogP contribution in [0.15, 0.2) is 182 Å². The van der Waals surface area contributed by atoms with Gasteiger partial charge in [0.2, 0.25) is 0 Å². The molecule has 0 N–H and O–H groups in total. The number of benzene rings is 6. The first-order valence-corrected chi connectivity index (χ1v) is 19.1. The van der Waals surface area contributed by atoms with E-state index in [-0.39, 0.29) is 43.0 Å². The van der Waals surface area contributed by atoms with Crippen LogP contribution in [-0.4, -0.2) is 6.54 Å². The van der Waals surface area contributed by atoms with Crippen molar-refractivity contribution >= 4 is 47.7 Å². The van der Waals surface area contributed by atoms with Crippen LogP contribution in [0.1, 0.15) is 32.1 Å². The summed E-state index contributed by atoms with van der Waals surface area (Å²) in [4.78, 5) is 2.74. The van der Waals surface area contributed by atoms with Crippen LogP contribution in [0.25, 0.3) is 4.85 Å². The van der Waals surface area contributed by atoms with Gasteiger partial charge in [-0.05, 0) is 47.7 Å². The zero-order valence-corrected chi connectivity index (χ0v) is 33.2. The van der Waals surface area contributed by atoms with Crippen molar-refractivity contribution in [3.05, 3.63) is 193 Å². The predicted molar refractivity (Wildman–Crippen MR) is 210 cm³/mol. The summed E-state index contributed by atoms with van der Waals surface area (Å²) >= 11 is 0. The first kappa shape index (κ1) is 42.4. The van der Waals surface area contributed by atoms with Crippen LogP contribution >= 0.6 is 15.8 Å². The summed E-state index contributed by atoms with van der Waals surface area (Å²) < 4.78 is 0. The van der Waals surface area contributed by atoms with E-state index in [1.54, 1.807) is 6.07 Å². The summed E-state index contributed by atoms with van der Waals surface area (Å²) in [7, 11) is -0.892. The zero-order valence-electron chi connectivity index (χ0n) is 28.1. The Hall–Kier alpha value is -3.74. The number of hydrogen-bond acceptors (Lipinski definition) is 1. The number of nitriles is 1. The molecule has 0 saturated heterocycles. The molecular formula is C44H42BrN2P2Ru+. The molecule has 0 heterocycles. The van der Waals surface area contributed by atoms with Crippen molar-refractivity contribution in [3.63, 3.8) is 0 Å². The van der Waals surface area contributed by atoms with Crippen molar-refractivity contribution in [3.8, 4) is 6.07 Å². The van der Waals surface area contributed by atoms with Gasteiger partial charge in [-0.1, -0.05) is 214 Å². The van der Waals surface area contributed by atoms with Crippen molar-refractivity contribution in [1.82, 2.24) is 0 Å². The van der Waals surface area contributed by atoms with E-state index in [2.05, 4.69) is 187 Å². The average molecular weight is 842 g/mol. The number of hydrogen-bond donors (Lipinski definition) is 0. The van der Waals surface area contributed by atoms with E-state index in [1.807, 2.05) is 0 Å². The van der Waals surface area contributed by atoms with Crippen molar-refractivity contribution in [2.45, 2.75) is 32.1 Å². The Morgan fingerprint density at radius 3 is 0.720 bits per heavy atom. The largest absolute Gasteiger partial charge is 2.00 e. The van der Waals surface area contributed by atoms with E-state index in [9.17, 15) is 0 Å². The van der Waals surface area contributed by atoms with Crippen molar-refractivity contribution in [2.75, 3.05) is 6.54 Å². The molecule has 1 aliphatic rings. The fourth-order valence-electron chi connectivity index (χ4n) is 5.28. The smallest absolute Gasteiger partial charge is 1.00 e. The predicted octanol–water partition coefficient (Wildman–Crippen LogP) is 6.27. The van der Waals surface area contributed by atoms with Gasteiger partial charge in [-0.25, -0.2) is 6.57 Å². The number of halogens is 1. The topological polar surface area (TPSA) is 28.1 Å². The van der Waals surface area contributed by atoms with Crippen molar-refractivity contribution in [2.24, 2.45) is 0 Å². The fraction of sp³-hybridized carbons (Fsp3) is 0.136. The molecular weight excluding hydrogens is 799 g/mol. The quantitative estimate of drug-likeness (QED) is 0.0843. The Kier molecular flexibility index (Phi) is 22.2. The maximum atomic E-state index is 7.60. The summed E-state index contributed by atoms with van der Waals surface area (Å²) in [5, 5.41) is 16.0. The summed E-state index contributed by atoms with van der Waals surface area (Å²) in [6.07, 6.45) is 7.50. The molecule has 7 rings (SSSR count). The van der Waals surface area contributed by atoms with Crippen LogP contribution in [0.5, 0.6) is 0 Å². The Balaban J connectivity index is 0.000000264. The molecule has 0 aliphatic heterocycles. The molecule has 0 spiro atoms.